The Morgan fingerprint density at radius 3 is 1.91 bits per heavy atom. The van der Waals surface area contributed by atoms with Gasteiger partial charge >= 0.3 is 0 Å². The molecule has 5 rings (SSSR count). The molecule has 0 saturated heterocycles. The Hall–Kier alpha value is -4.65. The number of hydrogen-bond acceptors (Lipinski definition) is 6. The molecule has 4 aromatic rings. The zero-order valence-corrected chi connectivity index (χ0v) is 18.2. The minimum absolute atomic E-state index is 0.0253. The lowest BCUT2D eigenvalue weighted by Gasteiger charge is -2.24. The number of nitro groups is 1. The molecule has 0 fully saturated rings. The van der Waals surface area contributed by atoms with E-state index in [4.69, 9.17) is 5.10 Å². The van der Waals surface area contributed by atoms with Crippen molar-refractivity contribution in [1.82, 2.24) is 0 Å². The van der Waals surface area contributed by atoms with Crippen molar-refractivity contribution < 1.29 is 4.92 Å². The van der Waals surface area contributed by atoms with Crippen molar-refractivity contribution in [1.29, 1.82) is 0 Å². The molecule has 0 amide bonds. The normalized spacial score (nSPS) is 15.5. The minimum atomic E-state index is -0.438. The number of hydrogen-bond donors (Lipinski definition) is 0. The van der Waals surface area contributed by atoms with E-state index >= 15 is 0 Å². The fourth-order valence-electron chi connectivity index (χ4n) is 3.92. The maximum atomic E-state index is 10.8. The Bertz CT molecular complexity index is 1340. The highest BCUT2D eigenvalue weighted by molar-refractivity contribution is 6.03. The summed E-state index contributed by atoms with van der Waals surface area (Å²) in [5.41, 5.74) is 5.61. The van der Waals surface area contributed by atoms with Crippen LogP contribution in [0, 0.1) is 10.1 Å². The molecule has 7 nitrogen and oxygen atoms in total. The second-order valence-corrected chi connectivity index (χ2v) is 7.88. The lowest BCUT2D eigenvalue weighted by molar-refractivity contribution is -0.384. The molecule has 166 valence electrons. The van der Waals surface area contributed by atoms with Gasteiger partial charge in [-0.3, -0.25) is 15.1 Å². The van der Waals surface area contributed by atoms with Crippen molar-refractivity contribution in [2.24, 2.45) is 15.3 Å². The van der Waals surface area contributed by atoms with E-state index in [9.17, 15) is 10.1 Å². The average molecular weight is 447 g/mol. The van der Waals surface area contributed by atoms with Crippen LogP contribution >= 0.6 is 0 Å². The zero-order valence-electron chi connectivity index (χ0n) is 18.2. The van der Waals surface area contributed by atoms with Crippen LogP contribution in [0.4, 0.5) is 22.7 Å². The number of anilines is 1. The van der Waals surface area contributed by atoms with Crippen LogP contribution in [-0.2, 0) is 0 Å². The molecule has 0 aliphatic carbocycles. The van der Waals surface area contributed by atoms with Gasteiger partial charge in [-0.2, -0.15) is 15.3 Å². The lowest BCUT2D eigenvalue weighted by Crippen LogP contribution is -2.18. The van der Waals surface area contributed by atoms with Crippen LogP contribution in [0.2, 0.25) is 0 Å². The Kier molecular flexibility index (Phi) is 5.90. The monoisotopic (exact) mass is 447 g/mol. The largest absolute Gasteiger partial charge is 0.269 e. The van der Waals surface area contributed by atoms with Gasteiger partial charge in [-0.25, -0.2) is 0 Å². The van der Waals surface area contributed by atoms with Gasteiger partial charge in [0.05, 0.1) is 33.7 Å². The van der Waals surface area contributed by atoms with Crippen LogP contribution < -0.4 is 5.01 Å². The molecular weight excluding hydrogens is 426 g/mol. The smallest absolute Gasteiger partial charge is 0.258 e. The van der Waals surface area contributed by atoms with E-state index in [1.165, 1.54) is 17.7 Å². The molecule has 1 atom stereocenters. The fourth-order valence-corrected chi connectivity index (χ4v) is 3.92. The van der Waals surface area contributed by atoms with E-state index in [0.717, 1.165) is 23.4 Å². The van der Waals surface area contributed by atoms with Crippen LogP contribution in [0.1, 0.15) is 23.6 Å². The molecule has 1 heterocycles. The number of non-ortho nitro benzene ring substituents is 1. The van der Waals surface area contributed by atoms with Gasteiger partial charge in [0, 0.05) is 18.6 Å². The first-order valence-electron chi connectivity index (χ1n) is 10.9. The summed E-state index contributed by atoms with van der Waals surface area (Å²) in [4.78, 5) is 10.3. The second-order valence-electron chi connectivity index (χ2n) is 7.88. The number of nitro benzene ring substituents is 1. The van der Waals surface area contributed by atoms with E-state index in [1.807, 2.05) is 48.5 Å². The van der Waals surface area contributed by atoms with Crippen molar-refractivity contribution in [2.75, 3.05) is 5.01 Å². The van der Waals surface area contributed by atoms with Gasteiger partial charge < -0.3 is 0 Å². The number of benzene rings is 4. The molecule has 0 spiro atoms. The number of hydrazone groups is 1. The first kappa shape index (κ1) is 21.2. The van der Waals surface area contributed by atoms with Gasteiger partial charge in [-0.05, 0) is 47.5 Å². The lowest BCUT2D eigenvalue weighted by atomic mass is 9.98. The molecule has 4 aromatic carbocycles. The molecule has 0 radical (unpaired) electrons. The van der Waals surface area contributed by atoms with E-state index in [-0.39, 0.29) is 11.7 Å². The molecule has 1 aliphatic heterocycles. The van der Waals surface area contributed by atoms with Crippen molar-refractivity contribution in [3.05, 3.63) is 130 Å². The maximum absolute atomic E-state index is 10.8. The van der Waals surface area contributed by atoms with Crippen LogP contribution in [0.25, 0.3) is 0 Å². The summed E-state index contributed by atoms with van der Waals surface area (Å²) < 4.78 is 0. The zero-order chi connectivity index (χ0) is 23.3. The summed E-state index contributed by atoms with van der Waals surface area (Å²) in [5.74, 6) is 0. The molecule has 1 aliphatic rings. The van der Waals surface area contributed by atoms with E-state index in [2.05, 4.69) is 51.6 Å². The first-order chi connectivity index (χ1) is 16.7. The highest BCUT2D eigenvalue weighted by atomic mass is 16.6. The Morgan fingerprint density at radius 2 is 1.32 bits per heavy atom. The van der Waals surface area contributed by atoms with Gasteiger partial charge in [0.2, 0.25) is 0 Å². The van der Waals surface area contributed by atoms with Crippen LogP contribution in [-0.4, -0.2) is 10.6 Å². The van der Waals surface area contributed by atoms with Crippen molar-refractivity contribution in [2.45, 2.75) is 12.5 Å². The quantitative estimate of drug-likeness (QED) is 0.176. The summed E-state index contributed by atoms with van der Waals surface area (Å²) in [6, 6.07) is 34.5. The van der Waals surface area contributed by atoms with Crippen molar-refractivity contribution in [3.8, 4) is 0 Å². The predicted octanol–water partition coefficient (Wildman–Crippen LogP) is 7.37. The highest BCUT2D eigenvalue weighted by Gasteiger charge is 2.29. The third-order valence-electron chi connectivity index (χ3n) is 5.66. The summed E-state index contributed by atoms with van der Waals surface area (Å²) in [7, 11) is 0. The second kappa shape index (κ2) is 9.46. The third-order valence-corrected chi connectivity index (χ3v) is 5.66. The van der Waals surface area contributed by atoms with Gasteiger partial charge in [0.15, 0.2) is 0 Å². The van der Waals surface area contributed by atoms with E-state index in [1.54, 1.807) is 12.1 Å². The molecule has 0 saturated carbocycles. The Morgan fingerprint density at radius 1 is 0.765 bits per heavy atom. The average Bonchev–Trinajstić information content (AvgIpc) is 3.35. The van der Waals surface area contributed by atoms with E-state index in [0.29, 0.717) is 11.4 Å². The van der Waals surface area contributed by atoms with Crippen molar-refractivity contribution in [3.63, 3.8) is 0 Å². The van der Waals surface area contributed by atoms with Gasteiger partial charge in [0.25, 0.3) is 5.69 Å². The summed E-state index contributed by atoms with van der Waals surface area (Å²) in [6.07, 6.45) is 0.815. The molecule has 0 N–H and O–H groups in total. The Labute approximate surface area is 196 Å². The summed E-state index contributed by atoms with van der Waals surface area (Å²) >= 11 is 0. The molecule has 34 heavy (non-hydrogen) atoms. The third kappa shape index (κ3) is 4.59. The van der Waals surface area contributed by atoms with Gasteiger partial charge in [0.1, 0.15) is 0 Å². The van der Waals surface area contributed by atoms with Crippen LogP contribution in [0.5, 0.6) is 0 Å². The highest BCUT2D eigenvalue weighted by Crippen LogP contribution is 2.37. The molecule has 0 aromatic heterocycles. The number of azo groups is 1. The Balaban J connectivity index is 1.39. The van der Waals surface area contributed by atoms with Crippen LogP contribution in [0.15, 0.2) is 125 Å². The summed E-state index contributed by atoms with van der Waals surface area (Å²) in [6.45, 7) is 0. The van der Waals surface area contributed by atoms with Gasteiger partial charge in [-0.15, -0.1) is 0 Å². The topological polar surface area (TPSA) is 83.5 Å². The molecule has 0 bridgehead atoms. The van der Waals surface area contributed by atoms with Crippen molar-refractivity contribution >= 4 is 28.5 Å². The first-order valence-corrected chi connectivity index (χ1v) is 10.9. The summed E-state index contributed by atoms with van der Waals surface area (Å²) in [5, 5.41) is 26.3. The maximum Gasteiger partial charge on any atom is 0.269 e. The van der Waals surface area contributed by atoms with Gasteiger partial charge in [-0.1, -0.05) is 60.7 Å². The minimum Gasteiger partial charge on any atom is -0.258 e. The number of rotatable bonds is 6. The molecular formula is C27H21N5O2. The SMILES string of the molecule is O=[N+]([O-])c1ccc(N=Nc2ccc(N3N=C(c4ccccc4)CC3c3ccccc3)cc2)cc1. The van der Waals surface area contributed by atoms with Crippen LogP contribution in [0.3, 0.4) is 0 Å². The molecule has 1 unspecified atom stereocenters. The number of nitrogens with zero attached hydrogens (tertiary/aromatic N) is 5. The molecule has 7 heteroatoms. The predicted molar refractivity (Wildman–Crippen MR) is 133 cm³/mol. The van der Waals surface area contributed by atoms with E-state index < -0.39 is 4.92 Å². The fraction of sp³-hybridized carbons (Fsp3) is 0.0741. The standard InChI is InChI=1S/C27H21N5O2/c33-32(34)25-17-13-23(14-18-25)29-28-22-11-15-24(16-12-22)31-27(21-9-5-2-6-10-21)19-26(30-31)20-7-3-1-4-8-20/h1-18,27H,19H2.